The summed E-state index contributed by atoms with van der Waals surface area (Å²) in [5.74, 6) is 1.25. The average molecular weight is 385 g/mol. The van der Waals surface area contributed by atoms with E-state index in [-0.39, 0.29) is 16.8 Å². The van der Waals surface area contributed by atoms with E-state index in [0.29, 0.717) is 18.8 Å². The van der Waals surface area contributed by atoms with Crippen molar-refractivity contribution in [3.63, 3.8) is 0 Å². The van der Waals surface area contributed by atoms with Gasteiger partial charge in [0.15, 0.2) is 5.76 Å². The zero-order valence-corrected chi connectivity index (χ0v) is 16.1. The summed E-state index contributed by atoms with van der Waals surface area (Å²) in [7, 11) is 0. The van der Waals surface area contributed by atoms with Gasteiger partial charge in [0.1, 0.15) is 0 Å². The van der Waals surface area contributed by atoms with E-state index in [4.69, 9.17) is 4.42 Å². The van der Waals surface area contributed by atoms with Crippen LogP contribution in [0.3, 0.4) is 0 Å². The fourth-order valence-electron chi connectivity index (χ4n) is 3.81. The number of hydrogen-bond donors (Lipinski definition) is 1. The van der Waals surface area contributed by atoms with Crippen LogP contribution in [0.15, 0.2) is 47.1 Å². The third-order valence-corrected chi connectivity index (χ3v) is 6.93. The summed E-state index contributed by atoms with van der Waals surface area (Å²) in [6.07, 6.45) is 3.07. The zero-order chi connectivity index (χ0) is 18.9. The fraction of sp³-hybridized carbons (Fsp3) is 0.400. The third kappa shape index (κ3) is 3.43. The number of para-hydroxylation sites is 1. The lowest BCUT2D eigenvalue weighted by Crippen LogP contribution is -2.54. The van der Waals surface area contributed by atoms with E-state index in [0.717, 1.165) is 36.4 Å². The Morgan fingerprint density at radius 1 is 1.11 bits per heavy atom. The van der Waals surface area contributed by atoms with Crippen LogP contribution in [-0.2, 0) is 0 Å². The summed E-state index contributed by atoms with van der Waals surface area (Å²) < 4.78 is 5.30. The van der Waals surface area contributed by atoms with Gasteiger partial charge in [0.2, 0.25) is 0 Å². The summed E-state index contributed by atoms with van der Waals surface area (Å²) in [4.78, 5) is 29.0. The van der Waals surface area contributed by atoms with Crippen molar-refractivity contribution in [2.24, 2.45) is 0 Å². The number of carbonyl (C=O) groups is 2. The molecule has 27 heavy (non-hydrogen) atoms. The highest BCUT2D eigenvalue weighted by atomic mass is 32.2. The van der Waals surface area contributed by atoms with Crippen molar-refractivity contribution in [2.45, 2.75) is 24.6 Å². The molecule has 6 nitrogen and oxygen atoms in total. The molecule has 0 aliphatic carbocycles. The Labute approximate surface area is 162 Å². The van der Waals surface area contributed by atoms with Crippen LogP contribution >= 0.6 is 11.8 Å². The molecule has 0 atom stereocenters. The summed E-state index contributed by atoms with van der Waals surface area (Å²) in [5, 5.41) is 3.00. The van der Waals surface area contributed by atoms with E-state index in [1.807, 2.05) is 52.8 Å². The highest BCUT2D eigenvalue weighted by Gasteiger charge is 2.47. The fourth-order valence-corrected chi connectivity index (χ4v) is 5.26. The predicted molar refractivity (Wildman–Crippen MR) is 106 cm³/mol. The normalized spacial score (nSPS) is 18.7. The zero-order valence-electron chi connectivity index (χ0n) is 15.3. The molecule has 2 aromatic rings. The number of carbonyl (C=O) groups excluding carboxylic acids is 2. The first-order chi connectivity index (χ1) is 13.1. The molecule has 142 valence electrons. The molecule has 1 aromatic carbocycles. The Balaban J connectivity index is 1.41. The number of piperidine rings is 1. The SMILES string of the molecule is Cc1ccccc1NC(=O)N1CCC2(CC1)SCCN2C(=O)c1ccco1. The van der Waals surface area contributed by atoms with Gasteiger partial charge < -0.3 is 19.5 Å². The highest BCUT2D eigenvalue weighted by Crippen LogP contribution is 2.44. The molecule has 2 aliphatic heterocycles. The topological polar surface area (TPSA) is 65.8 Å². The van der Waals surface area contributed by atoms with Gasteiger partial charge in [-0.3, -0.25) is 4.79 Å². The maximum absolute atomic E-state index is 12.8. The summed E-state index contributed by atoms with van der Waals surface area (Å²) in [6, 6.07) is 11.1. The molecule has 4 rings (SSSR count). The molecule has 3 amide bonds. The van der Waals surface area contributed by atoms with Crippen molar-refractivity contribution in [1.82, 2.24) is 9.80 Å². The number of nitrogens with zero attached hydrogens (tertiary/aromatic N) is 2. The molecule has 2 saturated heterocycles. The number of amides is 3. The molecule has 2 fully saturated rings. The molecule has 0 saturated carbocycles. The van der Waals surface area contributed by atoms with Crippen molar-refractivity contribution in [3.8, 4) is 0 Å². The van der Waals surface area contributed by atoms with E-state index in [9.17, 15) is 9.59 Å². The van der Waals surface area contributed by atoms with Gasteiger partial charge in [-0.1, -0.05) is 18.2 Å². The highest BCUT2D eigenvalue weighted by molar-refractivity contribution is 8.00. The lowest BCUT2D eigenvalue weighted by Gasteiger charge is -2.43. The van der Waals surface area contributed by atoms with Gasteiger partial charge in [-0.15, -0.1) is 11.8 Å². The van der Waals surface area contributed by atoms with Gasteiger partial charge in [0.25, 0.3) is 5.91 Å². The van der Waals surface area contributed by atoms with Crippen molar-refractivity contribution in [3.05, 3.63) is 54.0 Å². The molecule has 1 aromatic heterocycles. The maximum Gasteiger partial charge on any atom is 0.321 e. The van der Waals surface area contributed by atoms with Crippen molar-refractivity contribution >= 4 is 29.4 Å². The van der Waals surface area contributed by atoms with Crippen LogP contribution in [0.2, 0.25) is 0 Å². The molecule has 3 heterocycles. The number of urea groups is 1. The standard InChI is InChI=1S/C20H23N3O3S/c1-15-5-2-3-6-16(15)21-19(25)22-10-8-20(9-11-22)23(12-14-27-20)18(24)17-7-4-13-26-17/h2-7,13H,8-12,14H2,1H3,(H,21,25). The van der Waals surface area contributed by atoms with Crippen LogP contribution in [0.1, 0.15) is 29.0 Å². The van der Waals surface area contributed by atoms with E-state index in [1.165, 1.54) is 6.26 Å². The Bertz CT molecular complexity index is 829. The molecule has 2 aliphatic rings. The maximum atomic E-state index is 12.8. The first kappa shape index (κ1) is 18.0. The molecule has 1 N–H and O–H groups in total. The van der Waals surface area contributed by atoms with E-state index in [1.54, 1.807) is 12.1 Å². The van der Waals surface area contributed by atoms with Crippen LogP contribution in [0, 0.1) is 6.92 Å². The van der Waals surface area contributed by atoms with Crippen molar-refractivity contribution in [2.75, 3.05) is 30.7 Å². The quantitative estimate of drug-likeness (QED) is 0.854. The lowest BCUT2D eigenvalue weighted by atomic mass is 10.0. The number of thioether (sulfide) groups is 1. The van der Waals surface area contributed by atoms with Gasteiger partial charge in [-0.25, -0.2) is 4.79 Å². The lowest BCUT2D eigenvalue weighted by molar-refractivity contribution is 0.0554. The predicted octanol–water partition coefficient (Wildman–Crippen LogP) is 3.80. The second-order valence-electron chi connectivity index (χ2n) is 6.96. The minimum absolute atomic E-state index is 0.0530. The molecule has 1 spiro atoms. The second-order valence-corrected chi connectivity index (χ2v) is 8.42. The molecular formula is C20H23N3O3S. The molecule has 0 bridgehead atoms. The number of furan rings is 1. The Morgan fingerprint density at radius 3 is 2.59 bits per heavy atom. The smallest absolute Gasteiger partial charge is 0.321 e. The number of aryl methyl sites for hydroxylation is 1. The summed E-state index contributed by atoms with van der Waals surface area (Å²) in [6.45, 7) is 3.97. The number of hydrogen-bond acceptors (Lipinski definition) is 4. The molecule has 0 unspecified atom stereocenters. The van der Waals surface area contributed by atoms with E-state index >= 15 is 0 Å². The molecule has 0 radical (unpaired) electrons. The van der Waals surface area contributed by atoms with Gasteiger partial charge in [0, 0.05) is 31.1 Å². The Kier molecular flexibility index (Phi) is 4.86. The molecular weight excluding hydrogens is 362 g/mol. The third-order valence-electron chi connectivity index (χ3n) is 5.37. The number of benzene rings is 1. The number of anilines is 1. The van der Waals surface area contributed by atoms with Crippen molar-refractivity contribution in [1.29, 1.82) is 0 Å². The summed E-state index contributed by atoms with van der Waals surface area (Å²) in [5.41, 5.74) is 1.88. The largest absolute Gasteiger partial charge is 0.459 e. The van der Waals surface area contributed by atoms with Crippen LogP contribution in [-0.4, -0.2) is 52.0 Å². The van der Waals surface area contributed by atoms with Crippen LogP contribution in [0.4, 0.5) is 10.5 Å². The van der Waals surface area contributed by atoms with E-state index < -0.39 is 0 Å². The summed E-state index contributed by atoms with van der Waals surface area (Å²) >= 11 is 1.82. The van der Waals surface area contributed by atoms with E-state index in [2.05, 4.69) is 5.32 Å². The minimum Gasteiger partial charge on any atom is -0.459 e. The second kappa shape index (κ2) is 7.31. The average Bonchev–Trinajstić information content (AvgIpc) is 3.34. The van der Waals surface area contributed by atoms with Gasteiger partial charge in [0.05, 0.1) is 11.1 Å². The Hall–Kier alpha value is -2.41. The van der Waals surface area contributed by atoms with Crippen LogP contribution in [0.5, 0.6) is 0 Å². The van der Waals surface area contributed by atoms with Gasteiger partial charge >= 0.3 is 6.03 Å². The first-order valence-corrected chi connectivity index (χ1v) is 10.2. The number of nitrogens with one attached hydrogen (secondary N) is 1. The monoisotopic (exact) mass is 385 g/mol. The molecule has 7 heteroatoms. The van der Waals surface area contributed by atoms with Crippen LogP contribution in [0.25, 0.3) is 0 Å². The van der Waals surface area contributed by atoms with Crippen LogP contribution < -0.4 is 5.32 Å². The van der Waals surface area contributed by atoms with Gasteiger partial charge in [-0.2, -0.15) is 0 Å². The number of likely N-dealkylation sites (tertiary alicyclic amines) is 1. The number of rotatable bonds is 2. The minimum atomic E-state index is -0.233. The Morgan fingerprint density at radius 2 is 1.89 bits per heavy atom. The van der Waals surface area contributed by atoms with Gasteiger partial charge in [-0.05, 0) is 43.5 Å². The first-order valence-electron chi connectivity index (χ1n) is 9.20. The van der Waals surface area contributed by atoms with Crippen molar-refractivity contribution < 1.29 is 14.0 Å².